The summed E-state index contributed by atoms with van der Waals surface area (Å²) in [7, 11) is 1.28. The number of nitrogens with two attached hydrogens (primary N) is 1. The molecule has 6 heteroatoms. The molecule has 6 nitrogen and oxygen atoms in total. The highest BCUT2D eigenvalue weighted by Crippen LogP contribution is 2.25. The maximum Gasteiger partial charge on any atom is 0.337 e. The van der Waals surface area contributed by atoms with Crippen LogP contribution in [0.5, 0.6) is 5.75 Å². The Bertz CT molecular complexity index is 496. The molecule has 0 saturated heterocycles. The Kier molecular flexibility index (Phi) is 4.37. The van der Waals surface area contributed by atoms with Gasteiger partial charge in [0.25, 0.3) is 0 Å². The van der Waals surface area contributed by atoms with Crippen LogP contribution in [-0.4, -0.2) is 30.8 Å². The predicted molar refractivity (Wildman–Crippen MR) is 69.1 cm³/mol. The summed E-state index contributed by atoms with van der Waals surface area (Å²) in [5.41, 5.74) is 5.28. The zero-order chi connectivity index (χ0) is 14.6. The Morgan fingerprint density at radius 1 is 1.37 bits per heavy atom. The number of aliphatic carboxylic acids is 1. The standard InChI is InChI=1S/C13H17NO5/c1-13(2,12(16)17)7-19-10-5-4-8(6-9(10)14)11(15)18-3/h4-6H,7,14H2,1-3H3,(H,16,17). The van der Waals surface area contributed by atoms with Crippen molar-refractivity contribution < 1.29 is 24.2 Å². The van der Waals surface area contributed by atoms with Crippen molar-refractivity contribution in [1.82, 2.24) is 0 Å². The fourth-order valence-electron chi connectivity index (χ4n) is 1.24. The van der Waals surface area contributed by atoms with Gasteiger partial charge in [-0.15, -0.1) is 0 Å². The van der Waals surface area contributed by atoms with Crippen LogP contribution in [0.15, 0.2) is 18.2 Å². The summed E-state index contributed by atoms with van der Waals surface area (Å²) in [4.78, 5) is 22.2. The van der Waals surface area contributed by atoms with E-state index in [1.165, 1.54) is 25.3 Å². The first-order valence-corrected chi connectivity index (χ1v) is 5.62. The lowest BCUT2D eigenvalue weighted by atomic mass is 9.95. The van der Waals surface area contributed by atoms with Gasteiger partial charge < -0.3 is 20.3 Å². The number of esters is 1. The van der Waals surface area contributed by atoms with Crippen LogP contribution in [-0.2, 0) is 9.53 Å². The highest BCUT2D eigenvalue weighted by atomic mass is 16.5. The topological polar surface area (TPSA) is 98.8 Å². The van der Waals surface area contributed by atoms with Crippen molar-refractivity contribution in [3.8, 4) is 5.75 Å². The maximum atomic E-state index is 11.3. The number of carbonyl (C=O) groups is 2. The first-order chi connectivity index (χ1) is 8.77. The Morgan fingerprint density at radius 2 is 2.00 bits per heavy atom. The number of rotatable bonds is 5. The number of methoxy groups -OCH3 is 1. The lowest BCUT2D eigenvalue weighted by molar-refractivity contribution is -0.148. The Morgan fingerprint density at radius 3 is 2.47 bits per heavy atom. The van der Waals surface area contributed by atoms with Gasteiger partial charge in [0.2, 0.25) is 0 Å². The van der Waals surface area contributed by atoms with E-state index in [9.17, 15) is 9.59 Å². The number of anilines is 1. The third kappa shape index (κ3) is 3.61. The Hall–Kier alpha value is -2.24. The van der Waals surface area contributed by atoms with Crippen LogP contribution in [0.3, 0.4) is 0 Å². The highest BCUT2D eigenvalue weighted by molar-refractivity contribution is 5.90. The first kappa shape index (κ1) is 14.8. The molecular weight excluding hydrogens is 250 g/mol. The number of ether oxygens (including phenoxy) is 2. The molecule has 0 radical (unpaired) electrons. The van der Waals surface area contributed by atoms with Crippen molar-refractivity contribution in [2.75, 3.05) is 19.5 Å². The van der Waals surface area contributed by atoms with E-state index in [-0.39, 0.29) is 12.3 Å². The molecule has 0 aromatic heterocycles. The monoisotopic (exact) mass is 267 g/mol. The van der Waals surface area contributed by atoms with Crippen LogP contribution in [0.2, 0.25) is 0 Å². The van der Waals surface area contributed by atoms with E-state index in [4.69, 9.17) is 15.6 Å². The SMILES string of the molecule is COC(=O)c1ccc(OCC(C)(C)C(=O)O)c(N)c1. The number of carboxylic acids is 1. The van der Waals surface area contributed by atoms with Crippen LogP contribution in [0.4, 0.5) is 5.69 Å². The van der Waals surface area contributed by atoms with E-state index in [2.05, 4.69) is 4.74 Å². The molecule has 0 aliphatic carbocycles. The fourth-order valence-corrected chi connectivity index (χ4v) is 1.24. The summed E-state index contributed by atoms with van der Waals surface area (Å²) < 4.78 is 9.94. The van der Waals surface area contributed by atoms with Gasteiger partial charge in [-0.2, -0.15) is 0 Å². The molecule has 0 spiro atoms. The number of carbonyl (C=O) groups excluding carboxylic acids is 1. The van der Waals surface area contributed by atoms with Crippen LogP contribution in [0.25, 0.3) is 0 Å². The van der Waals surface area contributed by atoms with Gasteiger partial charge in [-0.05, 0) is 32.0 Å². The van der Waals surface area contributed by atoms with Gasteiger partial charge >= 0.3 is 11.9 Å². The van der Waals surface area contributed by atoms with E-state index in [0.29, 0.717) is 11.3 Å². The van der Waals surface area contributed by atoms with Crippen molar-refractivity contribution in [1.29, 1.82) is 0 Å². The minimum Gasteiger partial charge on any atom is -0.490 e. The second-order valence-electron chi connectivity index (χ2n) is 4.72. The molecule has 0 amide bonds. The van der Waals surface area contributed by atoms with Crippen LogP contribution < -0.4 is 10.5 Å². The van der Waals surface area contributed by atoms with Gasteiger partial charge in [0.15, 0.2) is 0 Å². The van der Waals surface area contributed by atoms with E-state index in [1.54, 1.807) is 13.8 Å². The van der Waals surface area contributed by atoms with Crippen molar-refractivity contribution in [3.05, 3.63) is 23.8 Å². The molecule has 104 valence electrons. The maximum absolute atomic E-state index is 11.3. The van der Waals surface area contributed by atoms with Gasteiger partial charge in [0.1, 0.15) is 12.4 Å². The molecule has 1 aromatic rings. The van der Waals surface area contributed by atoms with Crippen LogP contribution in [0.1, 0.15) is 24.2 Å². The second kappa shape index (κ2) is 5.60. The molecule has 0 aliphatic heterocycles. The molecule has 19 heavy (non-hydrogen) atoms. The quantitative estimate of drug-likeness (QED) is 0.620. The third-order valence-corrected chi connectivity index (χ3v) is 2.60. The molecule has 0 fully saturated rings. The highest BCUT2D eigenvalue weighted by Gasteiger charge is 2.28. The minimum absolute atomic E-state index is 0.0237. The first-order valence-electron chi connectivity index (χ1n) is 5.62. The number of hydrogen-bond acceptors (Lipinski definition) is 5. The third-order valence-electron chi connectivity index (χ3n) is 2.60. The largest absolute Gasteiger partial charge is 0.490 e. The molecule has 0 atom stereocenters. The van der Waals surface area contributed by atoms with Crippen molar-refractivity contribution in [3.63, 3.8) is 0 Å². The normalized spacial score (nSPS) is 10.9. The van der Waals surface area contributed by atoms with Crippen molar-refractivity contribution >= 4 is 17.6 Å². The summed E-state index contributed by atoms with van der Waals surface area (Å²) in [6, 6.07) is 4.44. The molecule has 3 N–H and O–H groups in total. The molecule has 1 aromatic carbocycles. The van der Waals surface area contributed by atoms with Gasteiger partial charge in [-0.3, -0.25) is 4.79 Å². The lowest BCUT2D eigenvalue weighted by Gasteiger charge is -2.20. The summed E-state index contributed by atoms with van der Waals surface area (Å²) in [5, 5.41) is 8.96. The fraction of sp³-hybridized carbons (Fsp3) is 0.385. The molecule has 0 heterocycles. The van der Waals surface area contributed by atoms with Gasteiger partial charge in [-0.1, -0.05) is 0 Å². The van der Waals surface area contributed by atoms with Crippen LogP contribution in [0, 0.1) is 5.41 Å². The van der Waals surface area contributed by atoms with Gasteiger partial charge in [0.05, 0.1) is 23.8 Å². The minimum atomic E-state index is -1.02. The zero-order valence-corrected chi connectivity index (χ0v) is 11.1. The molecule has 1 rings (SSSR count). The van der Waals surface area contributed by atoms with Crippen molar-refractivity contribution in [2.24, 2.45) is 5.41 Å². The summed E-state index contributed by atoms with van der Waals surface area (Å²) in [6.45, 7) is 3.08. The number of hydrogen-bond donors (Lipinski definition) is 2. The number of benzene rings is 1. The zero-order valence-electron chi connectivity index (χ0n) is 11.1. The van der Waals surface area contributed by atoms with E-state index in [1.807, 2.05) is 0 Å². The number of carboxylic acid groups (broad SMARTS) is 1. The molecule has 0 aliphatic rings. The summed E-state index contributed by atoms with van der Waals surface area (Å²) >= 11 is 0. The summed E-state index contributed by atoms with van der Waals surface area (Å²) in [6.07, 6.45) is 0. The smallest absolute Gasteiger partial charge is 0.337 e. The van der Waals surface area contributed by atoms with E-state index in [0.717, 1.165) is 0 Å². The Labute approximate surface area is 111 Å². The average Bonchev–Trinajstić information content (AvgIpc) is 2.36. The summed E-state index contributed by atoms with van der Waals surface area (Å²) in [5.74, 6) is -1.12. The second-order valence-corrected chi connectivity index (χ2v) is 4.72. The van der Waals surface area contributed by atoms with E-state index >= 15 is 0 Å². The van der Waals surface area contributed by atoms with Gasteiger partial charge in [0, 0.05) is 0 Å². The molecule has 0 bridgehead atoms. The molecule has 0 saturated carbocycles. The predicted octanol–water partition coefficient (Wildman–Crippen LogP) is 1.54. The molecular formula is C13H17NO5. The van der Waals surface area contributed by atoms with Gasteiger partial charge in [-0.25, -0.2) is 4.79 Å². The van der Waals surface area contributed by atoms with E-state index < -0.39 is 17.4 Å². The van der Waals surface area contributed by atoms with Crippen LogP contribution >= 0.6 is 0 Å². The van der Waals surface area contributed by atoms with Crippen molar-refractivity contribution in [2.45, 2.75) is 13.8 Å². The average molecular weight is 267 g/mol. The Balaban J connectivity index is 2.81. The molecule has 0 unspecified atom stereocenters. The number of nitrogen functional groups attached to an aromatic ring is 1. The lowest BCUT2D eigenvalue weighted by Crippen LogP contribution is -2.30.